The molecule has 2 aromatic rings. The summed E-state index contributed by atoms with van der Waals surface area (Å²) in [5.74, 6) is -1.41. The van der Waals surface area contributed by atoms with Gasteiger partial charge in [-0.2, -0.15) is 5.10 Å². The third-order valence-corrected chi connectivity index (χ3v) is 3.58. The minimum Gasteiger partial charge on any atom is -0.343 e. The van der Waals surface area contributed by atoms with Gasteiger partial charge in [-0.3, -0.25) is 9.59 Å². The first-order valence-electron chi connectivity index (χ1n) is 6.76. The lowest BCUT2D eigenvalue weighted by atomic mass is 10.2. The molecule has 0 aliphatic rings. The Balaban J connectivity index is 1.82. The molecule has 0 radical (unpaired) electrons. The summed E-state index contributed by atoms with van der Waals surface area (Å²) < 4.78 is 13.0. The van der Waals surface area contributed by atoms with Gasteiger partial charge in [0.15, 0.2) is 0 Å². The van der Waals surface area contributed by atoms with Crippen LogP contribution in [0, 0.1) is 5.82 Å². The Morgan fingerprint density at radius 3 is 2.62 bits per heavy atom. The van der Waals surface area contributed by atoms with Gasteiger partial charge in [-0.05, 0) is 35.9 Å². The molecule has 0 aromatic heterocycles. The van der Waals surface area contributed by atoms with E-state index in [-0.39, 0.29) is 17.1 Å². The number of hydrogen-bond acceptors (Lipinski definition) is 3. The van der Waals surface area contributed by atoms with Gasteiger partial charge in [0.2, 0.25) is 0 Å². The standard InChI is InChI=1S/C16H12Cl2FN3O2/c17-13-5-4-11(7-14(13)18)16(24)20-9-15(23)22-21-8-10-2-1-3-12(19)6-10/h1-8H,9H2,(H,20,24)(H,22,23)/b21-8+. The van der Waals surface area contributed by atoms with Crippen molar-refractivity contribution >= 4 is 41.2 Å². The number of carbonyl (C=O) groups is 2. The molecule has 0 aliphatic carbocycles. The molecule has 0 bridgehead atoms. The molecule has 2 aromatic carbocycles. The lowest BCUT2D eigenvalue weighted by Crippen LogP contribution is -2.34. The van der Waals surface area contributed by atoms with Gasteiger partial charge in [-0.25, -0.2) is 9.82 Å². The van der Waals surface area contributed by atoms with E-state index in [1.807, 2.05) is 0 Å². The molecule has 0 unspecified atom stereocenters. The summed E-state index contributed by atoms with van der Waals surface area (Å²) in [4.78, 5) is 23.5. The summed E-state index contributed by atoms with van der Waals surface area (Å²) in [6.45, 7) is -0.278. The molecule has 124 valence electrons. The van der Waals surface area contributed by atoms with E-state index in [2.05, 4.69) is 15.8 Å². The highest BCUT2D eigenvalue weighted by atomic mass is 35.5. The quantitative estimate of drug-likeness (QED) is 0.629. The molecule has 0 saturated carbocycles. The second-order valence-electron chi connectivity index (χ2n) is 4.66. The normalized spacial score (nSPS) is 10.6. The van der Waals surface area contributed by atoms with E-state index in [4.69, 9.17) is 23.2 Å². The summed E-state index contributed by atoms with van der Waals surface area (Å²) in [5.41, 5.74) is 3.00. The highest BCUT2D eigenvalue weighted by Gasteiger charge is 2.09. The van der Waals surface area contributed by atoms with Crippen molar-refractivity contribution in [3.05, 3.63) is 69.5 Å². The molecule has 0 fully saturated rings. The Kier molecular flexibility index (Phi) is 6.28. The lowest BCUT2D eigenvalue weighted by molar-refractivity contribution is -0.120. The second-order valence-corrected chi connectivity index (χ2v) is 5.47. The van der Waals surface area contributed by atoms with Gasteiger partial charge < -0.3 is 5.32 Å². The van der Waals surface area contributed by atoms with E-state index in [0.717, 1.165) is 0 Å². The van der Waals surface area contributed by atoms with Crippen LogP contribution in [0.15, 0.2) is 47.6 Å². The van der Waals surface area contributed by atoms with Crippen LogP contribution in [0.4, 0.5) is 4.39 Å². The minimum atomic E-state index is -0.531. The maximum Gasteiger partial charge on any atom is 0.259 e. The predicted molar refractivity (Wildman–Crippen MR) is 90.9 cm³/mol. The number of benzene rings is 2. The van der Waals surface area contributed by atoms with Crippen LogP contribution in [0.5, 0.6) is 0 Å². The topological polar surface area (TPSA) is 70.6 Å². The van der Waals surface area contributed by atoms with Gasteiger partial charge in [0.05, 0.1) is 22.8 Å². The zero-order chi connectivity index (χ0) is 17.5. The highest BCUT2D eigenvalue weighted by molar-refractivity contribution is 6.42. The van der Waals surface area contributed by atoms with Gasteiger partial charge in [0.25, 0.3) is 11.8 Å². The SMILES string of the molecule is O=C(CNC(=O)c1ccc(Cl)c(Cl)c1)N/N=C/c1cccc(F)c1. The van der Waals surface area contributed by atoms with Gasteiger partial charge in [0.1, 0.15) is 5.82 Å². The molecule has 24 heavy (non-hydrogen) atoms. The fourth-order valence-electron chi connectivity index (χ4n) is 1.71. The van der Waals surface area contributed by atoms with E-state index in [0.29, 0.717) is 10.6 Å². The third kappa shape index (κ3) is 5.33. The van der Waals surface area contributed by atoms with E-state index in [1.165, 1.54) is 42.6 Å². The second kappa shape index (κ2) is 8.42. The maximum atomic E-state index is 13.0. The van der Waals surface area contributed by atoms with E-state index in [9.17, 15) is 14.0 Å². The molecule has 0 spiro atoms. The minimum absolute atomic E-state index is 0.244. The third-order valence-electron chi connectivity index (χ3n) is 2.84. The average Bonchev–Trinajstić information content (AvgIpc) is 2.55. The van der Waals surface area contributed by atoms with Gasteiger partial charge in [-0.1, -0.05) is 35.3 Å². The first kappa shape index (κ1) is 17.9. The molecular formula is C16H12Cl2FN3O2. The largest absolute Gasteiger partial charge is 0.343 e. The van der Waals surface area contributed by atoms with Crippen LogP contribution in [0.3, 0.4) is 0 Å². The maximum absolute atomic E-state index is 13.0. The van der Waals surface area contributed by atoms with Crippen LogP contribution in [-0.4, -0.2) is 24.6 Å². The van der Waals surface area contributed by atoms with Crippen LogP contribution < -0.4 is 10.7 Å². The molecular weight excluding hydrogens is 356 g/mol. The number of hydrazone groups is 1. The lowest BCUT2D eigenvalue weighted by Gasteiger charge is -2.05. The fraction of sp³-hybridized carbons (Fsp3) is 0.0625. The van der Waals surface area contributed by atoms with Crippen molar-refractivity contribution in [1.29, 1.82) is 0 Å². The predicted octanol–water partition coefficient (Wildman–Crippen LogP) is 3.01. The van der Waals surface area contributed by atoms with Crippen molar-refractivity contribution in [2.75, 3.05) is 6.54 Å². The number of rotatable bonds is 5. The van der Waals surface area contributed by atoms with Crippen LogP contribution in [0.2, 0.25) is 10.0 Å². The zero-order valence-electron chi connectivity index (χ0n) is 12.2. The summed E-state index contributed by atoms with van der Waals surface area (Å²) in [5, 5.41) is 6.67. The van der Waals surface area contributed by atoms with Crippen LogP contribution in [0.1, 0.15) is 15.9 Å². The van der Waals surface area contributed by atoms with Crippen molar-refractivity contribution in [3.63, 3.8) is 0 Å². The number of halogens is 3. The van der Waals surface area contributed by atoms with Crippen molar-refractivity contribution < 1.29 is 14.0 Å². The number of carbonyl (C=O) groups excluding carboxylic acids is 2. The zero-order valence-corrected chi connectivity index (χ0v) is 13.7. The van der Waals surface area contributed by atoms with Gasteiger partial charge >= 0.3 is 0 Å². The molecule has 2 amide bonds. The van der Waals surface area contributed by atoms with Crippen LogP contribution in [-0.2, 0) is 4.79 Å². The van der Waals surface area contributed by atoms with Crippen LogP contribution in [0.25, 0.3) is 0 Å². The Labute approximate surface area is 147 Å². The number of amides is 2. The van der Waals surface area contributed by atoms with Crippen molar-refractivity contribution in [1.82, 2.24) is 10.7 Å². The van der Waals surface area contributed by atoms with Crippen LogP contribution >= 0.6 is 23.2 Å². The van der Waals surface area contributed by atoms with Crippen molar-refractivity contribution in [2.24, 2.45) is 5.10 Å². The molecule has 8 heteroatoms. The van der Waals surface area contributed by atoms with E-state index >= 15 is 0 Å². The molecule has 5 nitrogen and oxygen atoms in total. The van der Waals surface area contributed by atoms with E-state index in [1.54, 1.807) is 6.07 Å². The molecule has 0 atom stereocenters. The summed E-state index contributed by atoms with van der Waals surface area (Å²) in [6.07, 6.45) is 1.29. The fourth-order valence-corrected chi connectivity index (χ4v) is 2.00. The highest BCUT2D eigenvalue weighted by Crippen LogP contribution is 2.22. The first-order valence-corrected chi connectivity index (χ1v) is 7.52. The Bertz CT molecular complexity index is 797. The van der Waals surface area contributed by atoms with E-state index < -0.39 is 17.6 Å². The van der Waals surface area contributed by atoms with Crippen molar-refractivity contribution in [2.45, 2.75) is 0 Å². The molecule has 2 rings (SSSR count). The Morgan fingerprint density at radius 1 is 1.12 bits per heavy atom. The van der Waals surface area contributed by atoms with Gasteiger partial charge in [0, 0.05) is 5.56 Å². The molecule has 0 heterocycles. The number of hydrogen-bond donors (Lipinski definition) is 2. The summed E-state index contributed by atoms with van der Waals surface area (Å²) in [7, 11) is 0. The molecule has 2 N–H and O–H groups in total. The van der Waals surface area contributed by atoms with Crippen molar-refractivity contribution in [3.8, 4) is 0 Å². The monoisotopic (exact) mass is 367 g/mol. The Hall–Kier alpha value is -2.44. The summed E-state index contributed by atoms with van der Waals surface area (Å²) >= 11 is 11.6. The Morgan fingerprint density at radius 2 is 1.92 bits per heavy atom. The molecule has 0 saturated heterocycles. The molecule has 0 aliphatic heterocycles. The number of nitrogens with one attached hydrogen (secondary N) is 2. The first-order chi connectivity index (χ1) is 11.5. The summed E-state index contributed by atoms with van der Waals surface area (Å²) in [6, 6.07) is 10.1. The number of nitrogens with zero attached hydrogens (tertiary/aromatic N) is 1. The van der Waals surface area contributed by atoms with Gasteiger partial charge in [-0.15, -0.1) is 0 Å². The average molecular weight is 368 g/mol. The smallest absolute Gasteiger partial charge is 0.259 e.